The first-order chi connectivity index (χ1) is 4.91. The lowest BCUT2D eigenvalue weighted by Crippen LogP contribution is -1.98. The van der Waals surface area contributed by atoms with Gasteiger partial charge in [0.15, 0.2) is 14.5 Å². The van der Waals surface area contributed by atoms with Crippen LogP contribution in [0.3, 0.4) is 0 Å². The first-order valence-electron chi connectivity index (χ1n) is 2.66. The van der Waals surface area contributed by atoms with Crippen LogP contribution in [0.5, 0.6) is 0 Å². The fourth-order valence-corrected chi connectivity index (χ4v) is 1.93. The topological polar surface area (TPSA) is 73.3 Å². The Balaban J connectivity index is 3.36. The van der Waals surface area contributed by atoms with Gasteiger partial charge in [0.25, 0.3) is 0 Å². The molecule has 2 N–H and O–H groups in total. The third kappa shape index (κ3) is 1.75. The van der Waals surface area contributed by atoms with Crippen molar-refractivity contribution < 1.29 is 12.8 Å². The second-order valence-electron chi connectivity index (χ2n) is 2.05. The quantitative estimate of drug-likeness (QED) is 0.795. The largest absolute Gasteiger partial charge is 0.433 e. The number of sulfone groups is 1. The van der Waals surface area contributed by atoms with Crippen molar-refractivity contribution in [3.63, 3.8) is 0 Å². The zero-order chi connectivity index (χ0) is 8.65. The van der Waals surface area contributed by atoms with E-state index < -0.39 is 9.84 Å². The molecule has 0 aromatic carbocycles. The number of anilines is 1. The van der Waals surface area contributed by atoms with Crippen LogP contribution in [0, 0.1) is 0 Å². The molecule has 0 saturated carbocycles. The van der Waals surface area contributed by atoms with Crippen molar-refractivity contribution in [3.05, 3.63) is 10.7 Å². The molecule has 0 amide bonds. The van der Waals surface area contributed by atoms with Crippen LogP contribution >= 0.6 is 15.9 Å². The fraction of sp³-hybridized carbons (Fsp3) is 0.200. The van der Waals surface area contributed by atoms with E-state index in [1.54, 1.807) is 0 Å². The number of hydrogen-bond acceptors (Lipinski definition) is 4. The van der Waals surface area contributed by atoms with Gasteiger partial charge in [-0.15, -0.1) is 0 Å². The summed E-state index contributed by atoms with van der Waals surface area (Å²) in [6, 6.07) is 1.32. The van der Waals surface area contributed by atoms with Gasteiger partial charge in [0, 0.05) is 12.3 Å². The molecule has 0 atom stereocenters. The molecule has 0 bridgehead atoms. The Hall–Kier alpha value is -0.490. The number of nitrogen functional groups attached to an aromatic ring is 1. The van der Waals surface area contributed by atoms with Crippen molar-refractivity contribution in [1.82, 2.24) is 0 Å². The molecule has 62 valence electrons. The van der Waals surface area contributed by atoms with Crippen LogP contribution in [0.4, 0.5) is 5.88 Å². The van der Waals surface area contributed by atoms with Crippen molar-refractivity contribution in [2.75, 3.05) is 12.0 Å². The van der Waals surface area contributed by atoms with Gasteiger partial charge in [-0.25, -0.2) is 8.42 Å². The molecule has 0 spiro atoms. The molecule has 1 aromatic heterocycles. The van der Waals surface area contributed by atoms with Crippen molar-refractivity contribution in [2.24, 2.45) is 0 Å². The van der Waals surface area contributed by atoms with Crippen LogP contribution < -0.4 is 5.73 Å². The summed E-state index contributed by atoms with van der Waals surface area (Å²) in [5.41, 5.74) is 5.25. The first-order valence-corrected chi connectivity index (χ1v) is 5.34. The lowest BCUT2D eigenvalue weighted by atomic mass is 10.6. The summed E-state index contributed by atoms with van der Waals surface area (Å²) >= 11 is 2.96. The van der Waals surface area contributed by atoms with Crippen LogP contribution in [-0.4, -0.2) is 14.7 Å². The normalized spacial score (nSPS) is 11.8. The summed E-state index contributed by atoms with van der Waals surface area (Å²) in [6.45, 7) is 0. The number of furan rings is 1. The molecular formula is C5H6BrNO3S. The number of hydrogen-bond donors (Lipinski definition) is 1. The summed E-state index contributed by atoms with van der Waals surface area (Å²) in [5, 5.41) is 0. The highest BCUT2D eigenvalue weighted by atomic mass is 79.9. The lowest BCUT2D eigenvalue weighted by Gasteiger charge is -1.90. The lowest BCUT2D eigenvalue weighted by molar-refractivity contribution is 0.555. The summed E-state index contributed by atoms with van der Waals surface area (Å²) in [6.07, 6.45) is 1.07. The molecule has 11 heavy (non-hydrogen) atoms. The Morgan fingerprint density at radius 1 is 1.64 bits per heavy atom. The number of nitrogens with two attached hydrogens (primary N) is 1. The summed E-state index contributed by atoms with van der Waals surface area (Å²) < 4.78 is 26.9. The van der Waals surface area contributed by atoms with E-state index >= 15 is 0 Å². The Morgan fingerprint density at radius 3 is 2.36 bits per heavy atom. The van der Waals surface area contributed by atoms with E-state index in [1.165, 1.54) is 6.07 Å². The Kier molecular flexibility index (Phi) is 1.98. The van der Waals surface area contributed by atoms with Crippen molar-refractivity contribution in [1.29, 1.82) is 0 Å². The SMILES string of the molecule is CS(=O)(=O)c1cc(Br)oc1N. The minimum Gasteiger partial charge on any atom is -0.433 e. The molecule has 0 saturated heterocycles. The molecule has 6 heteroatoms. The Labute approximate surface area is 72.4 Å². The van der Waals surface area contributed by atoms with E-state index in [1.807, 2.05) is 0 Å². The molecule has 1 rings (SSSR count). The van der Waals surface area contributed by atoms with Crippen LogP contribution in [-0.2, 0) is 9.84 Å². The van der Waals surface area contributed by atoms with Gasteiger partial charge in [-0.1, -0.05) is 0 Å². The average Bonchev–Trinajstić information content (AvgIpc) is 2.08. The molecule has 1 aromatic rings. The van der Waals surface area contributed by atoms with Gasteiger partial charge in [-0.3, -0.25) is 0 Å². The van der Waals surface area contributed by atoms with E-state index in [9.17, 15) is 8.42 Å². The highest BCUT2D eigenvalue weighted by Crippen LogP contribution is 2.25. The van der Waals surface area contributed by atoms with E-state index in [0.717, 1.165) is 6.26 Å². The van der Waals surface area contributed by atoms with Crippen LogP contribution in [0.1, 0.15) is 0 Å². The Bertz CT molecular complexity index is 367. The van der Waals surface area contributed by atoms with Crippen LogP contribution in [0.25, 0.3) is 0 Å². The smallest absolute Gasteiger partial charge is 0.210 e. The highest BCUT2D eigenvalue weighted by Gasteiger charge is 2.15. The second-order valence-corrected chi connectivity index (χ2v) is 4.82. The molecule has 0 fully saturated rings. The van der Waals surface area contributed by atoms with E-state index in [4.69, 9.17) is 10.2 Å². The number of halogens is 1. The molecule has 4 nitrogen and oxygen atoms in total. The minimum atomic E-state index is -3.26. The van der Waals surface area contributed by atoms with Crippen LogP contribution in [0.2, 0.25) is 0 Å². The third-order valence-electron chi connectivity index (χ3n) is 1.09. The maximum absolute atomic E-state index is 10.9. The summed E-state index contributed by atoms with van der Waals surface area (Å²) in [5.74, 6) is -0.0839. The van der Waals surface area contributed by atoms with E-state index in [-0.39, 0.29) is 10.8 Å². The average molecular weight is 240 g/mol. The summed E-state index contributed by atoms with van der Waals surface area (Å²) in [4.78, 5) is 0.0179. The molecular weight excluding hydrogens is 234 g/mol. The molecule has 0 unspecified atom stereocenters. The zero-order valence-electron chi connectivity index (χ0n) is 5.67. The van der Waals surface area contributed by atoms with E-state index in [0.29, 0.717) is 4.67 Å². The Morgan fingerprint density at radius 2 is 2.18 bits per heavy atom. The molecule has 0 radical (unpaired) electrons. The number of rotatable bonds is 1. The predicted octanol–water partition coefficient (Wildman–Crippen LogP) is 1.03. The van der Waals surface area contributed by atoms with E-state index in [2.05, 4.69) is 15.9 Å². The van der Waals surface area contributed by atoms with Crippen LogP contribution in [0.15, 0.2) is 20.0 Å². The zero-order valence-corrected chi connectivity index (χ0v) is 8.07. The van der Waals surface area contributed by atoms with Crippen molar-refractivity contribution >= 4 is 31.7 Å². The minimum absolute atomic E-state index is 0.0179. The maximum Gasteiger partial charge on any atom is 0.210 e. The van der Waals surface area contributed by atoms with Gasteiger partial charge >= 0.3 is 0 Å². The van der Waals surface area contributed by atoms with Gasteiger partial charge in [0.2, 0.25) is 5.88 Å². The first kappa shape index (κ1) is 8.61. The molecule has 0 aliphatic rings. The third-order valence-corrected chi connectivity index (χ3v) is 2.60. The van der Waals surface area contributed by atoms with Gasteiger partial charge < -0.3 is 10.2 Å². The standard InChI is InChI=1S/C5H6BrNO3S/c1-11(8,9)3-2-4(6)10-5(3)7/h2H,7H2,1H3. The van der Waals surface area contributed by atoms with Gasteiger partial charge in [0.05, 0.1) is 0 Å². The van der Waals surface area contributed by atoms with Gasteiger partial charge in [0.1, 0.15) is 4.90 Å². The maximum atomic E-state index is 10.9. The fourth-order valence-electron chi connectivity index (χ4n) is 0.649. The summed E-state index contributed by atoms with van der Waals surface area (Å²) in [7, 11) is -3.26. The second kappa shape index (κ2) is 2.53. The van der Waals surface area contributed by atoms with Gasteiger partial charge in [-0.2, -0.15) is 0 Å². The predicted molar refractivity (Wildman–Crippen MR) is 43.9 cm³/mol. The van der Waals surface area contributed by atoms with Crippen molar-refractivity contribution in [2.45, 2.75) is 4.90 Å². The van der Waals surface area contributed by atoms with Gasteiger partial charge in [-0.05, 0) is 15.9 Å². The monoisotopic (exact) mass is 239 g/mol. The highest BCUT2D eigenvalue weighted by molar-refractivity contribution is 9.10. The molecule has 1 heterocycles. The molecule has 0 aliphatic carbocycles. The van der Waals surface area contributed by atoms with Crippen molar-refractivity contribution in [3.8, 4) is 0 Å². The molecule has 0 aliphatic heterocycles.